The Hall–Kier alpha value is -2.48. The van der Waals surface area contributed by atoms with E-state index in [4.69, 9.17) is 4.74 Å². The van der Waals surface area contributed by atoms with Crippen LogP contribution in [-0.2, 0) is 9.53 Å². The largest absolute Gasteiger partial charge is 0.453 e. The Balaban J connectivity index is 1.61. The summed E-state index contributed by atoms with van der Waals surface area (Å²) >= 11 is 1.44. The SMILES string of the molecule is COC(=O)N1CCCN(C(=O)CSc2nccn2-c2cc(C)cc(C)c2)CC1. The zero-order chi connectivity index (χ0) is 20.1. The van der Waals surface area contributed by atoms with Crippen LogP contribution in [0.5, 0.6) is 0 Å². The quantitative estimate of drug-likeness (QED) is 0.736. The third kappa shape index (κ3) is 4.86. The molecule has 0 saturated carbocycles. The van der Waals surface area contributed by atoms with Crippen molar-refractivity contribution in [2.75, 3.05) is 39.0 Å². The molecule has 1 saturated heterocycles. The van der Waals surface area contributed by atoms with Crippen molar-refractivity contribution in [1.29, 1.82) is 0 Å². The number of benzene rings is 1. The van der Waals surface area contributed by atoms with E-state index in [2.05, 4.69) is 37.0 Å². The molecule has 7 nitrogen and oxygen atoms in total. The van der Waals surface area contributed by atoms with E-state index in [1.807, 2.05) is 15.7 Å². The number of aryl methyl sites for hydroxylation is 2. The van der Waals surface area contributed by atoms with E-state index in [0.29, 0.717) is 31.9 Å². The van der Waals surface area contributed by atoms with Crippen LogP contribution in [0.3, 0.4) is 0 Å². The first-order valence-electron chi connectivity index (χ1n) is 9.33. The van der Waals surface area contributed by atoms with E-state index < -0.39 is 0 Å². The van der Waals surface area contributed by atoms with Crippen LogP contribution < -0.4 is 0 Å². The van der Waals surface area contributed by atoms with E-state index >= 15 is 0 Å². The van der Waals surface area contributed by atoms with Gasteiger partial charge in [0.15, 0.2) is 5.16 Å². The molecule has 0 bridgehead atoms. The van der Waals surface area contributed by atoms with Crippen molar-refractivity contribution in [1.82, 2.24) is 19.4 Å². The Labute approximate surface area is 169 Å². The summed E-state index contributed by atoms with van der Waals surface area (Å²) in [4.78, 5) is 32.2. The van der Waals surface area contributed by atoms with Crippen molar-refractivity contribution in [3.8, 4) is 5.69 Å². The van der Waals surface area contributed by atoms with Crippen LogP contribution >= 0.6 is 11.8 Å². The molecule has 28 heavy (non-hydrogen) atoms. The van der Waals surface area contributed by atoms with Crippen LogP contribution in [-0.4, -0.2) is 70.4 Å². The number of imidazole rings is 1. The van der Waals surface area contributed by atoms with Gasteiger partial charge in [0, 0.05) is 44.3 Å². The number of nitrogens with zero attached hydrogens (tertiary/aromatic N) is 4. The van der Waals surface area contributed by atoms with Crippen LogP contribution in [0.25, 0.3) is 5.69 Å². The number of rotatable bonds is 4. The van der Waals surface area contributed by atoms with Gasteiger partial charge >= 0.3 is 6.09 Å². The Bertz CT molecular complexity index is 831. The Morgan fingerprint density at radius 1 is 1.07 bits per heavy atom. The molecule has 1 aromatic carbocycles. The maximum atomic E-state index is 12.7. The highest BCUT2D eigenvalue weighted by Gasteiger charge is 2.22. The summed E-state index contributed by atoms with van der Waals surface area (Å²) in [7, 11) is 1.38. The summed E-state index contributed by atoms with van der Waals surface area (Å²) in [5.74, 6) is 0.381. The molecule has 1 aliphatic heterocycles. The molecule has 0 unspecified atom stereocenters. The van der Waals surface area contributed by atoms with Crippen molar-refractivity contribution >= 4 is 23.8 Å². The molecule has 1 aromatic heterocycles. The predicted molar refractivity (Wildman–Crippen MR) is 109 cm³/mol. The molecule has 2 aromatic rings. The molecular weight excluding hydrogens is 376 g/mol. The van der Waals surface area contributed by atoms with Gasteiger partial charge in [0.25, 0.3) is 0 Å². The van der Waals surface area contributed by atoms with Gasteiger partial charge in [-0.3, -0.25) is 9.36 Å². The van der Waals surface area contributed by atoms with E-state index in [0.717, 1.165) is 17.3 Å². The highest BCUT2D eigenvalue weighted by Crippen LogP contribution is 2.22. The van der Waals surface area contributed by atoms with Gasteiger partial charge in [-0.05, 0) is 43.5 Å². The molecule has 2 heterocycles. The van der Waals surface area contributed by atoms with Gasteiger partial charge in [-0.2, -0.15) is 0 Å². The molecular formula is C20H26N4O3S. The minimum absolute atomic E-state index is 0.0617. The topological polar surface area (TPSA) is 67.7 Å². The average molecular weight is 403 g/mol. The summed E-state index contributed by atoms with van der Waals surface area (Å²) in [6, 6.07) is 6.35. The van der Waals surface area contributed by atoms with Crippen molar-refractivity contribution in [2.45, 2.75) is 25.4 Å². The third-order valence-electron chi connectivity index (χ3n) is 4.70. The normalized spacial score (nSPS) is 14.7. The second-order valence-electron chi connectivity index (χ2n) is 6.91. The lowest BCUT2D eigenvalue weighted by molar-refractivity contribution is -0.128. The zero-order valence-corrected chi connectivity index (χ0v) is 17.4. The summed E-state index contributed by atoms with van der Waals surface area (Å²) < 4.78 is 6.79. The van der Waals surface area contributed by atoms with E-state index in [1.165, 1.54) is 30.0 Å². The number of amides is 2. The second kappa shape index (κ2) is 9.14. The first-order chi connectivity index (χ1) is 13.5. The molecule has 0 atom stereocenters. The van der Waals surface area contributed by atoms with Gasteiger partial charge in [0.05, 0.1) is 12.9 Å². The summed E-state index contributed by atoms with van der Waals surface area (Å²) in [6.45, 7) is 6.43. The van der Waals surface area contributed by atoms with Crippen molar-refractivity contribution in [3.05, 3.63) is 41.7 Å². The van der Waals surface area contributed by atoms with Crippen molar-refractivity contribution in [2.24, 2.45) is 0 Å². The van der Waals surface area contributed by atoms with Gasteiger partial charge < -0.3 is 14.5 Å². The van der Waals surface area contributed by atoms with Crippen molar-refractivity contribution in [3.63, 3.8) is 0 Å². The summed E-state index contributed by atoms with van der Waals surface area (Å²) in [6.07, 6.45) is 4.09. The second-order valence-corrected chi connectivity index (χ2v) is 7.85. The van der Waals surface area contributed by atoms with E-state index in [-0.39, 0.29) is 12.0 Å². The van der Waals surface area contributed by atoms with Crippen LogP contribution in [0.2, 0.25) is 0 Å². The number of carbonyl (C=O) groups excluding carboxylic acids is 2. The maximum Gasteiger partial charge on any atom is 0.409 e. The standard InChI is InChI=1S/C20H26N4O3S/c1-15-11-16(2)13-17(12-15)24-8-5-21-19(24)28-14-18(25)22-6-4-7-23(10-9-22)20(26)27-3/h5,8,11-13H,4,6-7,9-10,14H2,1-3H3. The number of carbonyl (C=O) groups is 2. The molecule has 1 fully saturated rings. The Morgan fingerprint density at radius 2 is 1.75 bits per heavy atom. The molecule has 2 amide bonds. The summed E-state index contributed by atoms with van der Waals surface area (Å²) in [5.41, 5.74) is 3.43. The molecule has 8 heteroatoms. The Morgan fingerprint density at radius 3 is 2.46 bits per heavy atom. The number of methoxy groups -OCH3 is 1. The highest BCUT2D eigenvalue weighted by molar-refractivity contribution is 7.99. The molecule has 1 aliphatic rings. The van der Waals surface area contributed by atoms with Crippen LogP contribution in [0.1, 0.15) is 17.5 Å². The summed E-state index contributed by atoms with van der Waals surface area (Å²) in [5, 5.41) is 0.796. The highest BCUT2D eigenvalue weighted by atomic mass is 32.2. The minimum Gasteiger partial charge on any atom is -0.453 e. The molecule has 0 aliphatic carbocycles. The lowest BCUT2D eigenvalue weighted by Gasteiger charge is -2.21. The van der Waals surface area contributed by atoms with E-state index in [1.54, 1.807) is 11.1 Å². The Kier molecular flexibility index (Phi) is 6.61. The molecule has 0 N–H and O–H groups in total. The number of ether oxygens (including phenoxy) is 1. The lowest BCUT2D eigenvalue weighted by atomic mass is 10.1. The first kappa shape index (κ1) is 20.3. The number of thioether (sulfide) groups is 1. The minimum atomic E-state index is -0.334. The first-order valence-corrected chi connectivity index (χ1v) is 10.3. The fourth-order valence-electron chi connectivity index (χ4n) is 3.38. The van der Waals surface area contributed by atoms with Crippen LogP contribution in [0, 0.1) is 13.8 Å². The number of hydrogen-bond donors (Lipinski definition) is 0. The fourth-order valence-corrected chi connectivity index (χ4v) is 4.25. The van der Waals surface area contributed by atoms with Gasteiger partial charge in [0.2, 0.25) is 5.91 Å². The number of aromatic nitrogens is 2. The molecule has 0 spiro atoms. The third-order valence-corrected chi connectivity index (χ3v) is 5.65. The smallest absolute Gasteiger partial charge is 0.409 e. The van der Waals surface area contributed by atoms with Gasteiger partial charge in [0.1, 0.15) is 0 Å². The van der Waals surface area contributed by atoms with E-state index in [9.17, 15) is 9.59 Å². The zero-order valence-electron chi connectivity index (χ0n) is 16.6. The molecule has 0 radical (unpaired) electrons. The monoisotopic (exact) mass is 402 g/mol. The van der Waals surface area contributed by atoms with Gasteiger partial charge in [-0.25, -0.2) is 9.78 Å². The molecule has 3 rings (SSSR count). The van der Waals surface area contributed by atoms with Gasteiger partial charge in [-0.1, -0.05) is 17.8 Å². The lowest BCUT2D eigenvalue weighted by Crippen LogP contribution is -2.38. The van der Waals surface area contributed by atoms with Crippen LogP contribution in [0.4, 0.5) is 4.79 Å². The maximum absolute atomic E-state index is 12.7. The molecule has 150 valence electrons. The van der Waals surface area contributed by atoms with Crippen LogP contribution in [0.15, 0.2) is 35.7 Å². The fraction of sp³-hybridized carbons (Fsp3) is 0.450. The number of hydrogen-bond acceptors (Lipinski definition) is 5. The van der Waals surface area contributed by atoms with Crippen molar-refractivity contribution < 1.29 is 14.3 Å². The van der Waals surface area contributed by atoms with Gasteiger partial charge in [-0.15, -0.1) is 0 Å². The predicted octanol–water partition coefficient (Wildman–Crippen LogP) is 2.88. The average Bonchev–Trinajstić information content (AvgIpc) is 3.00.